The highest BCUT2D eigenvalue weighted by Gasteiger charge is 2.01. The van der Waals surface area contributed by atoms with Crippen molar-refractivity contribution in [2.75, 3.05) is 0 Å². The summed E-state index contributed by atoms with van der Waals surface area (Å²) in [5.74, 6) is 0. The first-order valence-electron chi connectivity index (χ1n) is 5.06. The van der Waals surface area contributed by atoms with Crippen molar-refractivity contribution in [1.82, 2.24) is 15.0 Å². The summed E-state index contributed by atoms with van der Waals surface area (Å²) >= 11 is 0. The van der Waals surface area contributed by atoms with E-state index < -0.39 is 0 Å². The Morgan fingerprint density at radius 3 is 2.62 bits per heavy atom. The van der Waals surface area contributed by atoms with Crippen LogP contribution in [0, 0.1) is 0 Å². The van der Waals surface area contributed by atoms with Gasteiger partial charge in [0.05, 0.1) is 16.9 Å². The van der Waals surface area contributed by atoms with Gasteiger partial charge >= 0.3 is 0 Å². The molecule has 0 aliphatic carbocycles. The molecule has 3 heteroatoms. The zero-order chi connectivity index (χ0) is 10.8. The quantitative estimate of drug-likeness (QED) is 0.615. The lowest BCUT2D eigenvalue weighted by atomic mass is 10.2. The van der Waals surface area contributed by atoms with E-state index in [0.29, 0.717) is 0 Å². The molecule has 0 aliphatic heterocycles. The summed E-state index contributed by atoms with van der Waals surface area (Å²) in [5, 5.41) is 1.14. The highest BCUT2D eigenvalue weighted by molar-refractivity contribution is 5.80. The Kier molecular flexibility index (Phi) is 2.07. The van der Waals surface area contributed by atoms with Crippen molar-refractivity contribution >= 4 is 10.9 Å². The van der Waals surface area contributed by atoms with Crippen molar-refractivity contribution < 1.29 is 0 Å². The molecule has 0 unspecified atom stereocenters. The number of aromatic nitrogens is 3. The smallest absolute Gasteiger partial charge is 0.116 e. The number of hydrogen-bond acceptors (Lipinski definition) is 3. The Hall–Kier alpha value is -2.29. The van der Waals surface area contributed by atoms with Crippen molar-refractivity contribution in [2.24, 2.45) is 0 Å². The molecule has 0 saturated carbocycles. The van der Waals surface area contributed by atoms with Crippen LogP contribution in [0.4, 0.5) is 0 Å². The third kappa shape index (κ3) is 1.52. The first-order valence-corrected chi connectivity index (χ1v) is 5.06. The first-order chi connectivity index (χ1) is 7.93. The fraction of sp³-hybridized carbons (Fsp3) is 0. The van der Waals surface area contributed by atoms with Crippen LogP contribution in [-0.4, -0.2) is 15.0 Å². The van der Waals surface area contributed by atoms with E-state index in [2.05, 4.69) is 21.0 Å². The topological polar surface area (TPSA) is 38.7 Å². The van der Waals surface area contributed by atoms with E-state index in [1.165, 1.54) is 6.33 Å². The van der Waals surface area contributed by atoms with Crippen molar-refractivity contribution in [3.63, 3.8) is 0 Å². The SMILES string of the molecule is c1ccc2nc(-c3ccncn3)ccc2c1. The van der Waals surface area contributed by atoms with Crippen LogP contribution in [0.1, 0.15) is 0 Å². The summed E-state index contributed by atoms with van der Waals surface area (Å²) in [4.78, 5) is 12.6. The number of para-hydroxylation sites is 1. The third-order valence-electron chi connectivity index (χ3n) is 2.44. The van der Waals surface area contributed by atoms with Crippen LogP contribution >= 0.6 is 0 Å². The standard InChI is InChI=1S/C13H9N3/c1-2-4-11-10(3-1)5-6-13(16-11)12-7-8-14-9-15-12/h1-9H. The highest BCUT2D eigenvalue weighted by Crippen LogP contribution is 2.18. The van der Waals surface area contributed by atoms with Gasteiger partial charge in [-0.3, -0.25) is 0 Å². The third-order valence-corrected chi connectivity index (χ3v) is 2.44. The lowest BCUT2D eigenvalue weighted by Crippen LogP contribution is -1.88. The average Bonchev–Trinajstić information content (AvgIpc) is 2.39. The lowest BCUT2D eigenvalue weighted by molar-refractivity contribution is 1.16. The maximum absolute atomic E-state index is 4.56. The predicted octanol–water partition coefficient (Wildman–Crippen LogP) is 2.69. The molecule has 0 amide bonds. The second-order valence-electron chi connectivity index (χ2n) is 3.48. The lowest BCUT2D eigenvalue weighted by Gasteiger charge is -2.01. The second-order valence-corrected chi connectivity index (χ2v) is 3.48. The number of fused-ring (bicyclic) bond motifs is 1. The van der Waals surface area contributed by atoms with Crippen molar-refractivity contribution in [3.05, 3.63) is 55.0 Å². The molecular formula is C13H9N3. The minimum atomic E-state index is 0.848. The summed E-state index contributed by atoms with van der Waals surface area (Å²) in [5.41, 5.74) is 2.71. The summed E-state index contributed by atoms with van der Waals surface area (Å²) in [6.45, 7) is 0. The monoisotopic (exact) mass is 207 g/mol. The minimum Gasteiger partial charge on any atom is -0.246 e. The van der Waals surface area contributed by atoms with Crippen LogP contribution in [0.2, 0.25) is 0 Å². The van der Waals surface area contributed by atoms with Crippen molar-refractivity contribution in [1.29, 1.82) is 0 Å². The summed E-state index contributed by atoms with van der Waals surface area (Å²) < 4.78 is 0. The Balaban J connectivity index is 2.19. The Morgan fingerprint density at radius 2 is 1.75 bits per heavy atom. The van der Waals surface area contributed by atoms with Crippen LogP contribution in [-0.2, 0) is 0 Å². The second kappa shape index (κ2) is 3.70. The van der Waals surface area contributed by atoms with E-state index in [0.717, 1.165) is 22.3 Å². The van der Waals surface area contributed by atoms with Crippen LogP contribution in [0.15, 0.2) is 55.0 Å². The molecule has 0 fully saturated rings. The summed E-state index contributed by atoms with van der Waals surface area (Å²) in [7, 11) is 0. The van der Waals surface area contributed by atoms with Gasteiger partial charge in [0.1, 0.15) is 6.33 Å². The fourth-order valence-electron chi connectivity index (χ4n) is 1.65. The van der Waals surface area contributed by atoms with E-state index in [9.17, 15) is 0 Å². The molecule has 0 N–H and O–H groups in total. The van der Waals surface area contributed by atoms with Gasteiger partial charge in [0.2, 0.25) is 0 Å². The van der Waals surface area contributed by atoms with Gasteiger partial charge in [-0.15, -0.1) is 0 Å². The zero-order valence-corrected chi connectivity index (χ0v) is 8.54. The van der Waals surface area contributed by atoms with Crippen molar-refractivity contribution in [2.45, 2.75) is 0 Å². The van der Waals surface area contributed by atoms with E-state index in [4.69, 9.17) is 0 Å². The molecule has 3 nitrogen and oxygen atoms in total. The Morgan fingerprint density at radius 1 is 0.812 bits per heavy atom. The van der Waals surface area contributed by atoms with Gasteiger partial charge in [0.15, 0.2) is 0 Å². The number of nitrogens with zero attached hydrogens (tertiary/aromatic N) is 3. The number of pyridine rings is 1. The molecule has 2 aromatic heterocycles. The molecule has 3 aromatic rings. The fourth-order valence-corrected chi connectivity index (χ4v) is 1.65. The molecule has 0 saturated heterocycles. The molecule has 0 aliphatic rings. The van der Waals surface area contributed by atoms with E-state index in [1.54, 1.807) is 6.20 Å². The van der Waals surface area contributed by atoms with Gasteiger partial charge in [0, 0.05) is 11.6 Å². The van der Waals surface area contributed by atoms with Gasteiger partial charge in [0.25, 0.3) is 0 Å². The van der Waals surface area contributed by atoms with Gasteiger partial charge in [-0.2, -0.15) is 0 Å². The Bertz CT molecular complexity index is 620. The van der Waals surface area contributed by atoms with Gasteiger partial charge in [-0.1, -0.05) is 24.3 Å². The maximum atomic E-state index is 4.56. The average molecular weight is 207 g/mol. The highest BCUT2D eigenvalue weighted by atomic mass is 14.8. The molecule has 0 spiro atoms. The Labute approximate surface area is 92.8 Å². The van der Waals surface area contributed by atoms with Crippen LogP contribution in [0.3, 0.4) is 0 Å². The van der Waals surface area contributed by atoms with Crippen LogP contribution < -0.4 is 0 Å². The van der Waals surface area contributed by atoms with Gasteiger partial charge in [-0.25, -0.2) is 15.0 Å². The molecule has 1 aromatic carbocycles. The number of rotatable bonds is 1. The van der Waals surface area contributed by atoms with E-state index in [1.807, 2.05) is 36.4 Å². The summed E-state index contributed by atoms with van der Waals surface area (Å²) in [6.07, 6.45) is 3.26. The van der Waals surface area contributed by atoms with Crippen LogP contribution in [0.25, 0.3) is 22.3 Å². The van der Waals surface area contributed by atoms with E-state index >= 15 is 0 Å². The molecule has 0 atom stereocenters. The molecular weight excluding hydrogens is 198 g/mol. The minimum absolute atomic E-state index is 0.848. The van der Waals surface area contributed by atoms with Crippen LogP contribution in [0.5, 0.6) is 0 Å². The van der Waals surface area contributed by atoms with Gasteiger partial charge in [-0.05, 0) is 18.2 Å². The number of benzene rings is 1. The molecule has 76 valence electrons. The summed E-state index contributed by atoms with van der Waals surface area (Å²) in [6, 6.07) is 13.9. The molecule has 2 heterocycles. The van der Waals surface area contributed by atoms with E-state index in [-0.39, 0.29) is 0 Å². The first kappa shape index (κ1) is 8.97. The largest absolute Gasteiger partial charge is 0.246 e. The normalized spacial score (nSPS) is 10.5. The molecule has 0 radical (unpaired) electrons. The zero-order valence-electron chi connectivity index (χ0n) is 8.54. The predicted molar refractivity (Wildman–Crippen MR) is 62.8 cm³/mol. The van der Waals surface area contributed by atoms with Crippen molar-refractivity contribution in [3.8, 4) is 11.4 Å². The van der Waals surface area contributed by atoms with Gasteiger partial charge < -0.3 is 0 Å². The molecule has 3 rings (SSSR count). The number of hydrogen-bond donors (Lipinski definition) is 0. The molecule has 0 bridgehead atoms. The molecule has 16 heavy (non-hydrogen) atoms. The maximum Gasteiger partial charge on any atom is 0.116 e.